The minimum Gasteiger partial charge on any atom is -0.508 e. The van der Waals surface area contributed by atoms with Crippen LogP contribution in [-0.2, 0) is 11.2 Å². The van der Waals surface area contributed by atoms with Crippen molar-refractivity contribution in [3.8, 4) is 16.9 Å². The summed E-state index contributed by atoms with van der Waals surface area (Å²) in [5, 5.41) is 12.4. The minimum absolute atomic E-state index is 0.0125. The van der Waals surface area contributed by atoms with Gasteiger partial charge in [-0.2, -0.15) is 0 Å². The highest BCUT2D eigenvalue weighted by Gasteiger charge is 2.55. The van der Waals surface area contributed by atoms with E-state index in [1.165, 1.54) is 6.08 Å². The number of nitrogens with zero attached hydrogens (tertiary/aromatic N) is 3. The van der Waals surface area contributed by atoms with E-state index in [9.17, 15) is 9.90 Å². The predicted molar refractivity (Wildman–Crippen MR) is 143 cm³/mol. The van der Waals surface area contributed by atoms with Gasteiger partial charge in [0.2, 0.25) is 5.91 Å². The van der Waals surface area contributed by atoms with E-state index in [2.05, 4.69) is 25.3 Å². The lowest BCUT2D eigenvalue weighted by Gasteiger charge is -2.57. The lowest BCUT2D eigenvalue weighted by molar-refractivity contribution is -0.136. The quantitative estimate of drug-likeness (QED) is 0.475. The molecule has 8 rings (SSSR count). The average Bonchev–Trinajstić information content (AvgIpc) is 3.32. The van der Waals surface area contributed by atoms with Crippen molar-refractivity contribution in [1.29, 1.82) is 0 Å². The third-order valence-electron chi connectivity index (χ3n) is 9.90. The normalized spacial score (nSPS) is 24.5. The lowest BCUT2D eigenvalue weighted by Crippen LogP contribution is -2.59. The number of phenols is 1. The Hall–Kier alpha value is -3.41. The third kappa shape index (κ3) is 3.14. The number of phenolic OH excluding ortho intramolecular Hbond substituents is 1. The first-order valence-corrected chi connectivity index (χ1v) is 13.3. The number of aromatic nitrogens is 1. The second-order valence-corrected chi connectivity index (χ2v) is 12.3. The Morgan fingerprint density at radius 2 is 2.00 bits per heavy atom. The first kappa shape index (κ1) is 22.8. The van der Waals surface area contributed by atoms with Gasteiger partial charge in [0.05, 0.1) is 5.69 Å². The Bertz CT molecular complexity index is 1490. The van der Waals surface area contributed by atoms with Gasteiger partial charge in [0.15, 0.2) is 11.6 Å². The van der Waals surface area contributed by atoms with Crippen LogP contribution in [0, 0.1) is 22.6 Å². The largest absolute Gasteiger partial charge is 0.508 e. The van der Waals surface area contributed by atoms with Gasteiger partial charge in [0, 0.05) is 43.1 Å². The molecule has 1 spiro atoms. The van der Waals surface area contributed by atoms with Gasteiger partial charge in [-0.15, -0.1) is 0 Å². The Morgan fingerprint density at radius 3 is 2.76 bits per heavy atom. The van der Waals surface area contributed by atoms with Crippen molar-refractivity contribution in [1.82, 2.24) is 9.88 Å². The number of anilines is 1. The summed E-state index contributed by atoms with van der Waals surface area (Å²) in [6.45, 7) is 11.0. The zero-order valence-corrected chi connectivity index (χ0v) is 21.4. The maximum absolute atomic E-state index is 16.8. The molecule has 2 atom stereocenters. The molecule has 5 aliphatic rings. The molecular formula is C31H32FN3O2. The van der Waals surface area contributed by atoms with E-state index in [1.807, 2.05) is 29.2 Å². The highest BCUT2D eigenvalue weighted by Crippen LogP contribution is 2.63. The summed E-state index contributed by atoms with van der Waals surface area (Å²) in [5.41, 5.74) is 3.53. The maximum atomic E-state index is 16.8. The maximum Gasteiger partial charge on any atom is 0.245 e. The lowest BCUT2D eigenvalue weighted by atomic mass is 9.48. The molecule has 3 aromatic rings. The van der Waals surface area contributed by atoms with Gasteiger partial charge in [-0.1, -0.05) is 44.7 Å². The van der Waals surface area contributed by atoms with Crippen molar-refractivity contribution >= 4 is 22.5 Å². The topological polar surface area (TPSA) is 56.7 Å². The van der Waals surface area contributed by atoms with Crippen molar-refractivity contribution in [2.24, 2.45) is 16.7 Å². The number of carbonyl (C=O) groups excluding carboxylic acids is 1. The number of benzene rings is 2. The molecule has 2 aliphatic heterocycles. The van der Waals surface area contributed by atoms with Gasteiger partial charge in [-0.3, -0.25) is 4.79 Å². The first-order valence-electron chi connectivity index (χ1n) is 13.3. The summed E-state index contributed by atoms with van der Waals surface area (Å²) in [6.07, 6.45) is 4.18. The molecule has 5 nitrogen and oxygen atoms in total. The number of carbonyl (C=O) groups is 1. The molecule has 2 saturated heterocycles. The summed E-state index contributed by atoms with van der Waals surface area (Å²) in [5.74, 6) is 1.06. The van der Waals surface area contributed by atoms with Crippen LogP contribution in [0.2, 0.25) is 0 Å². The number of hydrogen-bond donors (Lipinski definition) is 1. The fourth-order valence-corrected chi connectivity index (χ4v) is 7.59. The molecule has 1 amide bonds. The van der Waals surface area contributed by atoms with Gasteiger partial charge in [-0.25, -0.2) is 9.37 Å². The van der Waals surface area contributed by atoms with Crippen LogP contribution >= 0.6 is 0 Å². The minimum atomic E-state index is -0.288. The number of halogens is 1. The second kappa shape index (κ2) is 7.56. The van der Waals surface area contributed by atoms with Crippen LogP contribution in [0.4, 0.5) is 10.2 Å². The fourth-order valence-electron chi connectivity index (χ4n) is 7.59. The van der Waals surface area contributed by atoms with Crippen LogP contribution in [0.1, 0.15) is 43.9 Å². The van der Waals surface area contributed by atoms with Crippen LogP contribution in [0.15, 0.2) is 49.1 Å². The number of pyridine rings is 1. The molecular weight excluding hydrogens is 465 g/mol. The zero-order valence-electron chi connectivity index (χ0n) is 21.4. The number of amides is 1. The third-order valence-corrected chi connectivity index (χ3v) is 9.90. The van der Waals surface area contributed by atoms with Crippen LogP contribution < -0.4 is 4.90 Å². The Morgan fingerprint density at radius 1 is 1.22 bits per heavy atom. The van der Waals surface area contributed by atoms with E-state index in [-0.39, 0.29) is 28.3 Å². The van der Waals surface area contributed by atoms with Gasteiger partial charge in [-0.05, 0) is 70.7 Å². The van der Waals surface area contributed by atoms with Crippen LogP contribution in [0.25, 0.3) is 21.9 Å². The molecule has 190 valence electrons. The SMILES string of the molecule is C=CC(=O)N1CC2(CCN(c3nc4c(c(-c5cc(O)cc6ccccc56)c3F)C[C@H]3C[C@@H]4C3(C)C)C2)C1. The highest BCUT2D eigenvalue weighted by atomic mass is 19.1. The molecule has 0 unspecified atom stereocenters. The molecule has 1 N–H and O–H groups in total. The molecule has 1 aromatic heterocycles. The molecule has 2 bridgehead atoms. The summed E-state index contributed by atoms with van der Waals surface area (Å²) in [4.78, 5) is 21.0. The number of aromatic hydroxyl groups is 1. The van der Waals surface area contributed by atoms with E-state index in [0.717, 1.165) is 53.4 Å². The second-order valence-electron chi connectivity index (χ2n) is 12.3. The van der Waals surface area contributed by atoms with Gasteiger partial charge >= 0.3 is 0 Å². The number of fused-ring (bicyclic) bond motifs is 1. The van der Waals surface area contributed by atoms with E-state index >= 15 is 4.39 Å². The van der Waals surface area contributed by atoms with Gasteiger partial charge < -0.3 is 14.9 Å². The molecule has 37 heavy (non-hydrogen) atoms. The standard InChI is InChI=1S/C31H32FN3O2/c1-4-25(37)35-16-31(17-35)9-10-34(15-31)29-27(32)26(22-14-20(36)11-18-7-5-6-8-21(18)22)23-12-19-13-24(28(23)33-29)30(19,2)3/h4-8,11,14,19,24,36H,1,9-10,12-13,15-17H2,2-3H3/t19-,24-/m0/s1. The van der Waals surface area contributed by atoms with Gasteiger partial charge in [0.1, 0.15) is 5.75 Å². The summed E-state index contributed by atoms with van der Waals surface area (Å²) < 4.78 is 16.8. The number of likely N-dealkylation sites (tertiary alicyclic amines) is 1. The Kier molecular flexibility index (Phi) is 4.65. The summed E-state index contributed by atoms with van der Waals surface area (Å²) in [6, 6.07) is 11.3. The fraction of sp³-hybridized carbons (Fsp3) is 0.419. The zero-order chi connectivity index (χ0) is 25.7. The van der Waals surface area contributed by atoms with Crippen LogP contribution in [-0.4, -0.2) is 47.1 Å². The summed E-state index contributed by atoms with van der Waals surface area (Å²) >= 11 is 0. The van der Waals surface area contributed by atoms with Crippen molar-refractivity contribution in [2.45, 2.75) is 39.0 Å². The highest BCUT2D eigenvalue weighted by molar-refractivity contribution is 5.99. The van der Waals surface area contributed by atoms with Crippen molar-refractivity contribution in [3.05, 3.63) is 66.1 Å². The molecule has 2 aromatic carbocycles. The van der Waals surface area contributed by atoms with Gasteiger partial charge in [0.25, 0.3) is 0 Å². The van der Waals surface area contributed by atoms with Crippen LogP contribution in [0.5, 0.6) is 5.75 Å². The van der Waals surface area contributed by atoms with Crippen molar-refractivity contribution in [3.63, 3.8) is 0 Å². The average molecular weight is 498 g/mol. The molecule has 3 fully saturated rings. The van der Waals surface area contributed by atoms with Crippen LogP contribution in [0.3, 0.4) is 0 Å². The molecule has 1 saturated carbocycles. The first-order chi connectivity index (χ1) is 17.7. The molecule has 3 heterocycles. The Labute approximate surface area is 216 Å². The smallest absolute Gasteiger partial charge is 0.245 e. The van der Waals surface area contributed by atoms with Crippen molar-refractivity contribution in [2.75, 3.05) is 31.1 Å². The molecule has 0 radical (unpaired) electrons. The molecule has 6 heteroatoms. The summed E-state index contributed by atoms with van der Waals surface area (Å²) in [7, 11) is 0. The van der Waals surface area contributed by atoms with E-state index < -0.39 is 0 Å². The van der Waals surface area contributed by atoms with E-state index in [1.54, 1.807) is 12.1 Å². The van der Waals surface area contributed by atoms with E-state index in [0.29, 0.717) is 42.9 Å². The number of rotatable bonds is 3. The predicted octanol–water partition coefficient (Wildman–Crippen LogP) is 5.66. The monoisotopic (exact) mass is 497 g/mol. The van der Waals surface area contributed by atoms with Crippen molar-refractivity contribution < 1.29 is 14.3 Å². The number of hydrogen-bond acceptors (Lipinski definition) is 4. The van der Waals surface area contributed by atoms with E-state index in [4.69, 9.17) is 4.98 Å². The molecule has 3 aliphatic carbocycles. The Balaban J connectivity index is 1.37.